The Bertz CT molecular complexity index is 1660. The van der Waals surface area contributed by atoms with Gasteiger partial charge in [-0.05, 0) is 47.5 Å². The van der Waals surface area contributed by atoms with Crippen molar-refractivity contribution in [2.24, 2.45) is 0 Å². The highest BCUT2D eigenvalue weighted by Gasteiger charge is 2.21. The number of thiazole rings is 1. The topological polar surface area (TPSA) is 85.8 Å². The predicted molar refractivity (Wildman–Crippen MR) is 158 cm³/mol. The fourth-order valence-corrected chi connectivity index (χ4v) is 6.08. The molecule has 0 bridgehead atoms. The molecule has 0 fully saturated rings. The smallest absolute Gasteiger partial charge is 0.271 e. The van der Waals surface area contributed by atoms with Crippen molar-refractivity contribution in [2.75, 3.05) is 0 Å². The molecule has 7 nitrogen and oxygen atoms in total. The molecule has 6 aromatic rings. The third-order valence-corrected chi connectivity index (χ3v) is 8.33. The first-order chi connectivity index (χ1) is 19.7. The zero-order valence-electron chi connectivity index (χ0n) is 21.0. The van der Waals surface area contributed by atoms with Crippen molar-refractivity contribution < 1.29 is 9.21 Å². The van der Waals surface area contributed by atoms with E-state index in [-0.39, 0.29) is 11.9 Å². The molecule has 1 N–H and O–H groups in total. The Morgan fingerprint density at radius 1 is 0.925 bits per heavy atom. The van der Waals surface area contributed by atoms with Crippen LogP contribution in [0.5, 0.6) is 0 Å². The molecule has 198 valence electrons. The summed E-state index contributed by atoms with van der Waals surface area (Å²) in [7, 11) is 0. The third kappa shape index (κ3) is 5.72. The van der Waals surface area contributed by atoms with Crippen LogP contribution in [0.2, 0.25) is 5.02 Å². The summed E-state index contributed by atoms with van der Waals surface area (Å²) < 4.78 is 7.52. The molecule has 0 saturated carbocycles. The van der Waals surface area contributed by atoms with E-state index in [0.29, 0.717) is 33.2 Å². The second-order valence-electron chi connectivity index (χ2n) is 8.74. The number of nitrogens with one attached hydrogen (secondary N) is 1. The summed E-state index contributed by atoms with van der Waals surface area (Å²) in [6.07, 6.45) is 1.60. The van der Waals surface area contributed by atoms with Crippen molar-refractivity contribution >= 4 is 40.6 Å². The SMILES string of the molecule is O=C(NC(c1ccccc1)c1ccccc1)c1csc(CSc2nnc(-c3ccco3)n2-c2ccc(Cl)cc2)n1. The zero-order chi connectivity index (χ0) is 27.3. The first-order valence-electron chi connectivity index (χ1n) is 12.4. The van der Waals surface area contributed by atoms with E-state index < -0.39 is 0 Å². The Labute approximate surface area is 243 Å². The molecule has 40 heavy (non-hydrogen) atoms. The molecule has 0 saturated heterocycles. The highest BCUT2D eigenvalue weighted by atomic mass is 35.5. The van der Waals surface area contributed by atoms with Gasteiger partial charge in [0.15, 0.2) is 10.9 Å². The minimum absolute atomic E-state index is 0.227. The van der Waals surface area contributed by atoms with Crippen molar-refractivity contribution in [3.63, 3.8) is 0 Å². The number of furan rings is 1. The second-order valence-corrected chi connectivity index (χ2v) is 11.1. The summed E-state index contributed by atoms with van der Waals surface area (Å²) in [4.78, 5) is 17.9. The molecule has 3 aromatic carbocycles. The highest BCUT2D eigenvalue weighted by molar-refractivity contribution is 7.98. The Morgan fingerprint density at radius 3 is 2.27 bits per heavy atom. The van der Waals surface area contributed by atoms with Gasteiger partial charge < -0.3 is 9.73 Å². The van der Waals surface area contributed by atoms with Gasteiger partial charge in [-0.2, -0.15) is 0 Å². The molecule has 0 aliphatic heterocycles. The second kappa shape index (κ2) is 11.9. The molecule has 10 heteroatoms. The number of nitrogens with zero attached hydrogens (tertiary/aromatic N) is 4. The Hall–Kier alpha value is -4.18. The van der Waals surface area contributed by atoms with Gasteiger partial charge in [-0.15, -0.1) is 21.5 Å². The molecular formula is C30H22ClN5O2S2. The maximum absolute atomic E-state index is 13.3. The van der Waals surface area contributed by atoms with E-state index in [1.54, 1.807) is 11.6 Å². The van der Waals surface area contributed by atoms with E-state index in [1.165, 1.54) is 23.1 Å². The quantitative estimate of drug-likeness (QED) is 0.178. The Balaban J connectivity index is 1.20. The molecule has 1 amide bonds. The van der Waals surface area contributed by atoms with Gasteiger partial charge in [0.1, 0.15) is 10.7 Å². The lowest BCUT2D eigenvalue weighted by Gasteiger charge is -2.19. The van der Waals surface area contributed by atoms with E-state index in [2.05, 4.69) is 20.5 Å². The van der Waals surface area contributed by atoms with Crippen LogP contribution in [-0.4, -0.2) is 25.7 Å². The number of aromatic nitrogens is 4. The molecule has 3 aromatic heterocycles. The summed E-state index contributed by atoms with van der Waals surface area (Å²) in [5.74, 6) is 1.48. The van der Waals surface area contributed by atoms with Crippen LogP contribution < -0.4 is 5.32 Å². The lowest BCUT2D eigenvalue weighted by Crippen LogP contribution is -2.29. The van der Waals surface area contributed by atoms with Crippen molar-refractivity contribution in [1.82, 2.24) is 25.1 Å². The number of carbonyl (C=O) groups is 1. The van der Waals surface area contributed by atoms with E-state index >= 15 is 0 Å². The number of carbonyl (C=O) groups excluding carboxylic acids is 1. The summed E-state index contributed by atoms with van der Waals surface area (Å²) in [5, 5.41) is 15.9. The highest BCUT2D eigenvalue weighted by Crippen LogP contribution is 2.31. The summed E-state index contributed by atoms with van der Waals surface area (Å²) >= 11 is 9.04. The fourth-order valence-electron chi connectivity index (χ4n) is 4.21. The van der Waals surface area contributed by atoms with Gasteiger partial charge in [0.2, 0.25) is 5.82 Å². The Morgan fingerprint density at radius 2 is 1.62 bits per heavy atom. The maximum Gasteiger partial charge on any atom is 0.271 e. The standard InChI is InChI=1S/C30H22ClN5O2S2/c31-22-13-15-23(16-14-22)36-28(25-12-7-17-38-25)34-35-30(36)40-19-26-32-24(18-39-26)29(37)33-27(20-8-3-1-4-9-20)21-10-5-2-6-11-21/h1-18,27H,19H2,(H,33,37). The van der Waals surface area contributed by atoms with E-state index in [1.807, 2.05) is 102 Å². The fraction of sp³-hybridized carbons (Fsp3) is 0.0667. The Kier molecular flexibility index (Phi) is 7.76. The molecule has 0 atom stereocenters. The van der Waals surface area contributed by atoms with Gasteiger partial charge >= 0.3 is 0 Å². The number of hydrogen-bond acceptors (Lipinski definition) is 7. The van der Waals surface area contributed by atoms with Gasteiger partial charge in [0.25, 0.3) is 5.91 Å². The average molecular weight is 584 g/mol. The van der Waals surface area contributed by atoms with Crippen LogP contribution in [0, 0.1) is 0 Å². The lowest BCUT2D eigenvalue weighted by molar-refractivity contribution is 0.0938. The lowest BCUT2D eigenvalue weighted by atomic mass is 9.98. The van der Waals surface area contributed by atoms with E-state index in [9.17, 15) is 4.79 Å². The summed E-state index contributed by atoms with van der Waals surface area (Å²) in [5.41, 5.74) is 3.24. The van der Waals surface area contributed by atoms with Gasteiger partial charge in [-0.1, -0.05) is 84.0 Å². The van der Waals surface area contributed by atoms with Gasteiger partial charge in [-0.25, -0.2) is 4.98 Å². The number of amides is 1. The van der Waals surface area contributed by atoms with Crippen LogP contribution in [0.4, 0.5) is 0 Å². The number of benzene rings is 3. The molecule has 0 unspecified atom stereocenters. The average Bonchev–Trinajstić information content (AvgIpc) is 3.77. The minimum atomic E-state index is -0.285. The summed E-state index contributed by atoms with van der Waals surface area (Å²) in [6, 6.07) is 30.7. The van der Waals surface area contributed by atoms with Gasteiger partial charge in [0, 0.05) is 16.1 Å². The van der Waals surface area contributed by atoms with Crippen LogP contribution >= 0.6 is 34.7 Å². The predicted octanol–water partition coefficient (Wildman–Crippen LogP) is 7.45. The van der Waals surface area contributed by atoms with E-state index in [4.69, 9.17) is 16.0 Å². The van der Waals surface area contributed by atoms with Crippen molar-refractivity contribution in [1.29, 1.82) is 0 Å². The molecule has 6 rings (SSSR count). The zero-order valence-corrected chi connectivity index (χ0v) is 23.4. The van der Waals surface area contributed by atoms with Crippen LogP contribution in [0.1, 0.15) is 32.7 Å². The normalized spacial score (nSPS) is 11.2. The molecule has 3 heterocycles. The minimum Gasteiger partial charge on any atom is -0.461 e. The number of halogens is 1. The van der Waals surface area contributed by atoms with Crippen LogP contribution in [-0.2, 0) is 5.75 Å². The van der Waals surface area contributed by atoms with Crippen molar-refractivity contribution in [2.45, 2.75) is 17.0 Å². The van der Waals surface area contributed by atoms with Crippen molar-refractivity contribution in [3.8, 4) is 17.3 Å². The first kappa shape index (κ1) is 26.1. The monoisotopic (exact) mass is 583 g/mol. The molecule has 0 aliphatic carbocycles. The largest absolute Gasteiger partial charge is 0.461 e. The van der Waals surface area contributed by atoms with Crippen LogP contribution in [0.15, 0.2) is 118 Å². The van der Waals surface area contributed by atoms with Crippen LogP contribution in [0.3, 0.4) is 0 Å². The molecular weight excluding hydrogens is 562 g/mol. The number of thioether (sulfide) groups is 1. The number of rotatable bonds is 9. The first-order valence-corrected chi connectivity index (χ1v) is 14.6. The molecule has 0 spiro atoms. The number of hydrogen-bond donors (Lipinski definition) is 1. The molecule has 0 aliphatic rings. The van der Waals surface area contributed by atoms with Gasteiger partial charge in [0.05, 0.1) is 18.1 Å². The van der Waals surface area contributed by atoms with Crippen LogP contribution in [0.25, 0.3) is 17.3 Å². The van der Waals surface area contributed by atoms with Crippen molar-refractivity contribution in [3.05, 3.63) is 136 Å². The maximum atomic E-state index is 13.3. The third-order valence-electron chi connectivity index (χ3n) is 6.11. The summed E-state index contributed by atoms with van der Waals surface area (Å²) in [6.45, 7) is 0. The molecule has 0 radical (unpaired) electrons. The van der Waals surface area contributed by atoms with Gasteiger partial charge in [-0.3, -0.25) is 9.36 Å². The van der Waals surface area contributed by atoms with E-state index in [0.717, 1.165) is 21.8 Å².